The fourth-order valence-electron chi connectivity index (χ4n) is 3.55. The van der Waals surface area contributed by atoms with Gasteiger partial charge in [-0.2, -0.15) is 0 Å². The third-order valence-electron chi connectivity index (χ3n) is 4.99. The molecule has 0 saturated heterocycles. The van der Waals surface area contributed by atoms with Crippen molar-refractivity contribution in [3.05, 3.63) is 93.6 Å². The molecule has 0 aliphatic rings. The monoisotopic (exact) mass is 486 g/mol. The van der Waals surface area contributed by atoms with Crippen molar-refractivity contribution in [3.63, 3.8) is 0 Å². The van der Waals surface area contributed by atoms with E-state index in [4.69, 9.17) is 27.9 Å². The molecule has 168 valence electrons. The summed E-state index contributed by atoms with van der Waals surface area (Å²) < 4.78 is 35.9. The summed E-state index contributed by atoms with van der Waals surface area (Å²) in [7, 11) is 0. The van der Waals surface area contributed by atoms with Gasteiger partial charge in [0.15, 0.2) is 11.5 Å². The van der Waals surface area contributed by atoms with Crippen molar-refractivity contribution in [3.8, 4) is 28.3 Å². The van der Waals surface area contributed by atoms with Gasteiger partial charge in [-0.3, -0.25) is 4.57 Å². The van der Waals surface area contributed by atoms with Crippen LogP contribution >= 0.6 is 23.2 Å². The van der Waals surface area contributed by atoms with Crippen molar-refractivity contribution in [1.82, 2.24) is 9.55 Å². The molecule has 0 fully saturated rings. The third kappa shape index (κ3) is 4.36. The van der Waals surface area contributed by atoms with Crippen LogP contribution in [0.1, 0.15) is 23.0 Å². The highest BCUT2D eigenvalue weighted by Gasteiger charge is 2.28. The summed E-state index contributed by atoms with van der Waals surface area (Å²) in [4.78, 5) is 17.5. The summed E-state index contributed by atoms with van der Waals surface area (Å²) in [6.07, 6.45) is 0. The molecule has 0 amide bonds. The van der Waals surface area contributed by atoms with Gasteiger partial charge < -0.3 is 4.74 Å². The molecule has 4 aromatic rings. The van der Waals surface area contributed by atoms with Gasteiger partial charge in [0, 0.05) is 11.1 Å². The molecule has 0 unspecified atom stereocenters. The predicted molar refractivity (Wildman–Crippen MR) is 125 cm³/mol. The third-order valence-corrected chi connectivity index (χ3v) is 5.57. The first-order valence-electron chi connectivity index (χ1n) is 10.1. The SMILES string of the molecule is CCOC(=O)c1nc(-c2cccc(C)c2)n(-c2cccc(Cl)c2F)c1-c1ccc(F)c(Cl)c1. The fraction of sp³-hybridized carbons (Fsp3) is 0.120. The van der Waals surface area contributed by atoms with Crippen molar-refractivity contribution >= 4 is 29.2 Å². The van der Waals surface area contributed by atoms with Gasteiger partial charge in [0.05, 0.1) is 28.0 Å². The number of aryl methyl sites for hydroxylation is 1. The highest BCUT2D eigenvalue weighted by molar-refractivity contribution is 6.31. The molecule has 4 rings (SSSR count). The Kier molecular flexibility index (Phi) is 6.49. The predicted octanol–water partition coefficient (Wildman–Crippen LogP) is 7.28. The van der Waals surface area contributed by atoms with E-state index in [1.165, 1.54) is 34.9 Å². The Hall–Kier alpha value is -3.22. The van der Waals surface area contributed by atoms with Crippen molar-refractivity contribution in [1.29, 1.82) is 0 Å². The minimum absolute atomic E-state index is 0.0598. The molecule has 1 aromatic heterocycles. The zero-order valence-corrected chi connectivity index (χ0v) is 19.2. The van der Waals surface area contributed by atoms with Gasteiger partial charge in [-0.05, 0) is 50.2 Å². The van der Waals surface area contributed by atoms with Crippen molar-refractivity contribution < 1.29 is 18.3 Å². The summed E-state index contributed by atoms with van der Waals surface area (Å²) in [5.74, 6) is -1.74. The van der Waals surface area contributed by atoms with Crippen LogP contribution in [0.15, 0.2) is 60.7 Å². The van der Waals surface area contributed by atoms with E-state index in [0.29, 0.717) is 17.0 Å². The molecule has 0 spiro atoms. The Balaban J connectivity index is 2.15. The van der Waals surface area contributed by atoms with Crippen LogP contribution in [0.25, 0.3) is 28.3 Å². The Morgan fingerprint density at radius 2 is 1.76 bits per heavy atom. The van der Waals surface area contributed by atoms with Crippen molar-refractivity contribution in [2.75, 3.05) is 6.61 Å². The van der Waals surface area contributed by atoms with E-state index in [1.54, 1.807) is 19.1 Å². The number of benzene rings is 3. The molecular weight excluding hydrogens is 469 g/mol. The first kappa shape index (κ1) is 23.0. The number of carbonyl (C=O) groups excluding carboxylic acids is 1. The van der Waals surface area contributed by atoms with E-state index < -0.39 is 17.6 Å². The van der Waals surface area contributed by atoms with Crippen LogP contribution in [0.3, 0.4) is 0 Å². The molecule has 0 aliphatic carbocycles. The molecule has 0 saturated carbocycles. The number of hydrogen-bond donors (Lipinski definition) is 0. The number of halogens is 4. The van der Waals surface area contributed by atoms with Crippen LogP contribution < -0.4 is 0 Å². The van der Waals surface area contributed by atoms with Crippen LogP contribution in [0.5, 0.6) is 0 Å². The largest absolute Gasteiger partial charge is 0.461 e. The van der Waals surface area contributed by atoms with Crippen LogP contribution in [-0.4, -0.2) is 22.1 Å². The van der Waals surface area contributed by atoms with Gasteiger partial charge in [0.1, 0.15) is 11.6 Å². The Morgan fingerprint density at radius 1 is 1.00 bits per heavy atom. The minimum Gasteiger partial charge on any atom is -0.461 e. The van der Waals surface area contributed by atoms with Crippen molar-refractivity contribution in [2.24, 2.45) is 0 Å². The second-order valence-electron chi connectivity index (χ2n) is 7.26. The van der Waals surface area contributed by atoms with E-state index in [2.05, 4.69) is 4.98 Å². The zero-order valence-electron chi connectivity index (χ0n) is 17.7. The van der Waals surface area contributed by atoms with Gasteiger partial charge in [0.25, 0.3) is 0 Å². The van der Waals surface area contributed by atoms with E-state index in [1.807, 2.05) is 25.1 Å². The van der Waals surface area contributed by atoms with E-state index in [9.17, 15) is 9.18 Å². The first-order valence-corrected chi connectivity index (χ1v) is 10.8. The molecule has 33 heavy (non-hydrogen) atoms. The molecule has 8 heteroatoms. The van der Waals surface area contributed by atoms with Crippen LogP contribution in [0, 0.1) is 18.6 Å². The smallest absolute Gasteiger partial charge is 0.359 e. The van der Waals surface area contributed by atoms with E-state index >= 15 is 4.39 Å². The van der Waals surface area contributed by atoms with Crippen molar-refractivity contribution in [2.45, 2.75) is 13.8 Å². The standard InChI is InChI=1S/C25H18Cl2F2N2O2/c1-3-33-25(32)22-23(15-10-11-19(28)18(27)13-15)31(20-9-5-8-17(26)21(20)29)24(30-22)16-7-4-6-14(2)12-16/h4-13H,3H2,1-2H3. The number of hydrogen-bond acceptors (Lipinski definition) is 3. The number of rotatable bonds is 5. The molecule has 0 N–H and O–H groups in total. The second-order valence-corrected chi connectivity index (χ2v) is 8.07. The number of carbonyl (C=O) groups is 1. The van der Waals surface area contributed by atoms with Gasteiger partial charge in [-0.25, -0.2) is 18.6 Å². The van der Waals surface area contributed by atoms with Gasteiger partial charge in [-0.1, -0.05) is 53.0 Å². The molecular formula is C25H18Cl2F2N2O2. The number of imidazole rings is 1. The van der Waals surface area contributed by atoms with Crippen LogP contribution in [-0.2, 0) is 4.74 Å². The zero-order chi connectivity index (χ0) is 23.7. The average Bonchev–Trinajstić information content (AvgIpc) is 3.18. The topological polar surface area (TPSA) is 44.1 Å². The summed E-state index contributed by atoms with van der Waals surface area (Å²) in [5.41, 5.74) is 2.15. The van der Waals surface area contributed by atoms with E-state index in [-0.39, 0.29) is 33.7 Å². The summed E-state index contributed by atoms with van der Waals surface area (Å²) in [6, 6.07) is 15.9. The van der Waals surface area contributed by atoms with Gasteiger partial charge in [-0.15, -0.1) is 0 Å². The fourth-order valence-corrected chi connectivity index (χ4v) is 3.90. The molecule has 1 heterocycles. The lowest BCUT2D eigenvalue weighted by Crippen LogP contribution is -2.08. The summed E-state index contributed by atoms with van der Waals surface area (Å²) in [6.45, 7) is 3.69. The average molecular weight is 487 g/mol. The number of ether oxygens (including phenoxy) is 1. The Bertz CT molecular complexity index is 1370. The lowest BCUT2D eigenvalue weighted by molar-refractivity contribution is 0.0521. The quantitative estimate of drug-likeness (QED) is 0.278. The number of esters is 1. The minimum atomic E-state index is -0.706. The summed E-state index contributed by atoms with van der Waals surface area (Å²) >= 11 is 12.1. The Labute approximate surface area is 199 Å². The number of aromatic nitrogens is 2. The molecule has 0 atom stereocenters. The maximum absolute atomic E-state index is 15.3. The molecule has 0 radical (unpaired) electrons. The maximum Gasteiger partial charge on any atom is 0.359 e. The van der Waals surface area contributed by atoms with Gasteiger partial charge >= 0.3 is 5.97 Å². The first-order chi connectivity index (χ1) is 15.8. The van der Waals surface area contributed by atoms with Crippen LogP contribution in [0.4, 0.5) is 8.78 Å². The number of nitrogens with zero attached hydrogens (tertiary/aromatic N) is 2. The Morgan fingerprint density at radius 3 is 2.45 bits per heavy atom. The lowest BCUT2D eigenvalue weighted by atomic mass is 10.1. The maximum atomic E-state index is 15.3. The molecule has 4 nitrogen and oxygen atoms in total. The lowest BCUT2D eigenvalue weighted by Gasteiger charge is -2.15. The molecule has 0 aliphatic heterocycles. The van der Waals surface area contributed by atoms with E-state index in [0.717, 1.165) is 5.56 Å². The molecule has 0 bridgehead atoms. The normalized spacial score (nSPS) is 11.0. The van der Waals surface area contributed by atoms with Crippen LogP contribution in [0.2, 0.25) is 10.0 Å². The summed E-state index contributed by atoms with van der Waals surface area (Å²) in [5, 5.41) is -0.254. The highest BCUT2D eigenvalue weighted by atomic mass is 35.5. The molecule has 3 aromatic carbocycles. The second kappa shape index (κ2) is 9.33. The highest BCUT2D eigenvalue weighted by Crippen LogP contribution is 2.37. The van der Waals surface area contributed by atoms with Gasteiger partial charge in [0.2, 0.25) is 0 Å².